The van der Waals surface area contributed by atoms with Gasteiger partial charge in [-0.2, -0.15) is 0 Å². The molecule has 1 aliphatic rings. The highest BCUT2D eigenvalue weighted by Gasteiger charge is 2.23. The van der Waals surface area contributed by atoms with Crippen molar-refractivity contribution in [2.75, 3.05) is 45.9 Å². The van der Waals surface area contributed by atoms with E-state index in [2.05, 4.69) is 11.8 Å². The molecule has 2 aromatic rings. The van der Waals surface area contributed by atoms with Crippen molar-refractivity contribution >= 4 is 11.8 Å². The van der Waals surface area contributed by atoms with E-state index in [0.29, 0.717) is 26.1 Å². The number of hydrogen-bond acceptors (Lipinski definition) is 5. The predicted octanol–water partition coefficient (Wildman–Crippen LogP) is 4.72. The van der Waals surface area contributed by atoms with Gasteiger partial charge in [0.1, 0.15) is 5.76 Å². The van der Waals surface area contributed by atoms with Crippen LogP contribution in [0.4, 0.5) is 0 Å². The Balaban J connectivity index is 1.62. The fourth-order valence-electron chi connectivity index (χ4n) is 4.48. The van der Waals surface area contributed by atoms with Crippen LogP contribution in [0.15, 0.2) is 53.1 Å². The Hall–Kier alpha value is -2.64. The van der Waals surface area contributed by atoms with E-state index in [0.717, 1.165) is 57.0 Å². The third-order valence-electron chi connectivity index (χ3n) is 6.71. The smallest absolute Gasteiger partial charge is 0.242 e. The number of carbonyl (C=O) groups excluding carboxylic acids is 2. The Morgan fingerprint density at radius 3 is 2.33 bits per heavy atom. The number of hydrogen-bond donors (Lipinski definition) is 0. The largest absolute Gasteiger partial charge is 0.467 e. The van der Waals surface area contributed by atoms with Gasteiger partial charge >= 0.3 is 0 Å². The van der Waals surface area contributed by atoms with Crippen molar-refractivity contribution in [3.8, 4) is 0 Å². The van der Waals surface area contributed by atoms with Crippen LogP contribution in [-0.4, -0.2) is 72.5 Å². The van der Waals surface area contributed by atoms with Crippen LogP contribution in [0.1, 0.15) is 63.2 Å². The number of morpholine rings is 1. The number of benzene rings is 1. The van der Waals surface area contributed by atoms with E-state index in [1.165, 1.54) is 25.7 Å². The third kappa shape index (κ3) is 10.2. The van der Waals surface area contributed by atoms with Crippen LogP contribution in [-0.2, 0) is 27.4 Å². The van der Waals surface area contributed by atoms with Gasteiger partial charge in [-0.15, -0.1) is 0 Å². The van der Waals surface area contributed by atoms with Gasteiger partial charge in [-0.3, -0.25) is 14.5 Å². The summed E-state index contributed by atoms with van der Waals surface area (Å²) in [6, 6.07) is 13.7. The van der Waals surface area contributed by atoms with E-state index in [4.69, 9.17) is 9.15 Å². The number of unbranched alkanes of at least 4 members (excludes halogenated alkanes) is 5. The van der Waals surface area contributed by atoms with Crippen LogP contribution >= 0.6 is 0 Å². The Bertz CT molecular complexity index is 866. The molecule has 7 nitrogen and oxygen atoms in total. The van der Waals surface area contributed by atoms with Crippen LogP contribution in [0.5, 0.6) is 0 Å². The van der Waals surface area contributed by atoms with Crippen molar-refractivity contribution < 1.29 is 18.7 Å². The van der Waals surface area contributed by atoms with Crippen molar-refractivity contribution in [1.82, 2.24) is 14.7 Å². The molecule has 3 rings (SSSR count). The number of furan rings is 1. The van der Waals surface area contributed by atoms with Gasteiger partial charge in [-0.1, -0.05) is 69.4 Å². The molecule has 0 radical (unpaired) electrons. The highest BCUT2D eigenvalue weighted by Crippen LogP contribution is 2.13. The predicted molar refractivity (Wildman–Crippen MR) is 141 cm³/mol. The molecule has 2 heterocycles. The second kappa shape index (κ2) is 16.2. The normalized spacial score (nSPS) is 14.0. The summed E-state index contributed by atoms with van der Waals surface area (Å²) in [5.41, 5.74) is 1.05. The van der Waals surface area contributed by atoms with Gasteiger partial charge in [0.05, 0.1) is 32.6 Å². The maximum Gasteiger partial charge on any atom is 0.242 e. The number of ether oxygens (including phenoxy) is 1. The fourth-order valence-corrected chi connectivity index (χ4v) is 4.48. The van der Waals surface area contributed by atoms with Crippen molar-refractivity contribution in [2.24, 2.45) is 0 Å². The molecule has 36 heavy (non-hydrogen) atoms. The molecular formula is C29H43N3O4. The van der Waals surface area contributed by atoms with Crippen LogP contribution in [0.2, 0.25) is 0 Å². The van der Waals surface area contributed by atoms with Gasteiger partial charge in [0.15, 0.2) is 0 Å². The third-order valence-corrected chi connectivity index (χ3v) is 6.71. The summed E-state index contributed by atoms with van der Waals surface area (Å²) >= 11 is 0. The lowest BCUT2D eigenvalue weighted by Gasteiger charge is -2.31. The highest BCUT2D eigenvalue weighted by molar-refractivity contribution is 5.84. The molecule has 0 bridgehead atoms. The summed E-state index contributed by atoms with van der Waals surface area (Å²) in [6.07, 6.45) is 8.93. The van der Waals surface area contributed by atoms with Gasteiger partial charge in [0.25, 0.3) is 0 Å². The van der Waals surface area contributed by atoms with E-state index < -0.39 is 0 Å². The number of nitrogens with zero attached hydrogens (tertiary/aromatic N) is 3. The molecule has 0 aliphatic carbocycles. The Morgan fingerprint density at radius 2 is 1.61 bits per heavy atom. The zero-order valence-electron chi connectivity index (χ0n) is 21.9. The minimum Gasteiger partial charge on any atom is -0.467 e. The average Bonchev–Trinajstić information content (AvgIpc) is 3.42. The van der Waals surface area contributed by atoms with E-state index in [1.54, 1.807) is 16.1 Å². The first-order chi connectivity index (χ1) is 17.7. The molecule has 0 spiro atoms. The highest BCUT2D eigenvalue weighted by atomic mass is 16.5. The first-order valence-electron chi connectivity index (χ1n) is 13.6. The minimum atomic E-state index is -0.0615. The monoisotopic (exact) mass is 497 g/mol. The molecular weight excluding hydrogens is 454 g/mol. The maximum atomic E-state index is 13.5. The first kappa shape index (κ1) is 27.9. The first-order valence-corrected chi connectivity index (χ1v) is 13.6. The minimum absolute atomic E-state index is 0.0615. The topological polar surface area (TPSA) is 66.2 Å². The number of carbonyl (C=O) groups is 2. The second-order valence-corrected chi connectivity index (χ2v) is 9.60. The van der Waals surface area contributed by atoms with E-state index in [-0.39, 0.29) is 18.4 Å². The quantitative estimate of drug-likeness (QED) is 0.314. The maximum absolute atomic E-state index is 13.5. The summed E-state index contributed by atoms with van der Waals surface area (Å²) in [5, 5.41) is 0. The lowest BCUT2D eigenvalue weighted by molar-refractivity contribution is -0.141. The lowest BCUT2D eigenvalue weighted by Crippen LogP contribution is -2.47. The molecule has 0 saturated carbocycles. The van der Waals surface area contributed by atoms with E-state index >= 15 is 0 Å². The zero-order chi connectivity index (χ0) is 25.4. The van der Waals surface area contributed by atoms with E-state index in [9.17, 15) is 9.59 Å². The van der Waals surface area contributed by atoms with Crippen LogP contribution in [0, 0.1) is 0 Å². The van der Waals surface area contributed by atoms with Crippen molar-refractivity contribution in [2.45, 2.75) is 65.0 Å². The molecule has 1 aromatic carbocycles. The molecule has 7 heteroatoms. The molecule has 1 fully saturated rings. The van der Waals surface area contributed by atoms with Gasteiger partial charge in [-0.05, 0) is 24.1 Å². The van der Waals surface area contributed by atoms with Crippen LogP contribution in [0.25, 0.3) is 0 Å². The number of rotatable bonds is 16. The lowest BCUT2D eigenvalue weighted by atomic mass is 10.1. The summed E-state index contributed by atoms with van der Waals surface area (Å²) in [7, 11) is 0. The average molecular weight is 498 g/mol. The van der Waals surface area contributed by atoms with Gasteiger partial charge in [0.2, 0.25) is 11.8 Å². The molecule has 2 amide bonds. The second-order valence-electron chi connectivity index (χ2n) is 9.60. The summed E-state index contributed by atoms with van der Waals surface area (Å²) in [4.78, 5) is 32.6. The summed E-state index contributed by atoms with van der Waals surface area (Å²) < 4.78 is 11.0. The molecule has 1 aromatic heterocycles. The molecule has 0 unspecified atom stereocenters. The molecule has 0 atom stereocenters. The van der Waals surface area contributed by atoms with Gasteiger partial charge in [-0.25, -0.2) is 0 Å². The molecule has 0 N–H and O–H groups in total. The van der Waals surface area contributed by atoms with Gasteiger partial charge < -0.3 is 19.0 Å². The summed E-state index contributed by atoms with van der Waals surface area (Å²) in [6.45, 7) is 7.64. The SMILES string of the molecule is CCCCCCCCC(=O)N(CCN1CCOCC1)CC(=O)N(Cc1ccccc1)Cc1ccco1. The van der Waals surface area contributed by atoms with Crippen molar-refractivity contribution in [3.05, 3.63) is 60.1 Å². The van der Waals surface area contributed by atoms with Crippen LogP contribution in [0.3, 0.4) is 0 Å². The standard InChI is InChI=1S/C29H43N3O4/c1-2-3-4-5-6-10-15-28(33)31(17-16-30-18-21-35-22-19-30)25-29(34)32(24-27-14-11-20-36-27)23-26-12-8-7-9-13-26/h7-9,11-14,20H,2-6,10,15-19,21-25H2,1H3. The van der Waals surface area contributed by atoms with Crippen molar-refractivity contribution in [1.29, 1.82) is 0 Å². The molecule has 1 saturated heterocycles. The van der Waals surface area contributed by atoms with Crippen molar-refractivity contribution in [3.63, 3.8) is 0 Å². The van der Waals surface area contributed by atoms with E-state index in [1.807, 2.05) is 42.5 Å². The Kier molecular flexibility index (Phi) is 12.6. The van der Waals surface area contributed by atoms with Crippen LogP contribution < -0.4 is 0 Å². The number of amides is 2. The summed E-state index contributed by atoms with van der Waals surface area (Å²) in [5.74, 6) is 0.746. The Labute approximate surface area is 216 Å². The fraction of sp³-hybridized carbons (Fsp3) is 0.586. The molecule has 198 valence electrons. The molecule has 1 aliphatic heterocycles. The zero-order valence-corrected chi connectivity index (χ0v) is 21.9. The Morgan fingerprint density at radius 1 is 0.861 bits per heavy atom. The van der Waals surface area contributed by atoms with Gasteiger partial charge in [0, 0.05) is 39.1 Å².